The lowest BCUT2D eigenvalue weighted by molar-refractivity contribution is -0.0433. The van der Waals surface area contributed by atoms with Crippen molar-refractivity contribution >= 4 is 25.2 Å². The molecule has 0 saturated carbocycles. The molecule has 0 aliphatic carbocycles. The van der Waals surface area contributed by atoms with E-state index in [0.29, 0.717) is 0 Å². The molecule has 1 aromatic carbocycles. The molecular formula is C12H23NO2Si2. The van der Waals surface area contributed by atoms with Crippen molar-refractivity contribution in [2.45, 2.75) is 38.6 Å². The Kier molecular flexibility index (Phi) is 5.39. The van der Waals surface area contributed by atoms with E-state index in [0.717, 1.165) is 5.69 Å². The summed E-state index contributed by atoms with van der Waals surface area (Å²) in [4.78, 5) is 0. The summed E-state index contributed by atoms with van der Waals surface area (Å²) in [5.74, 6) is 0. The molecule has 0 spiro atoms. The minimum atomic E-state index is -0.474. The van der Waals surface area contributed by atoms with Crippen LogP contribution in [0.2, 0.25) is 13.1 Å². The Bertz CT molecular complexity index is 335. The Hall–Kier alpha value is -0.626. The average molecular weight is 269 g/mol. The van der Waals surface area contributed by atoms with Gasteiger partial charge < -0.3 is 14.6 Å². The van der Waals surface area contributed by atoms with E-state index >= 15 is 0 Å². The largest absolute Gasteiger partial charge is 0.400 e. The molecule has 0 heterocycles. The number of nitrogens with two attached hydrogens (primary N) is 1. The number of anilines is 1. The number of nitrogen functional groups attached to an aromatic ring is 1. The van der Waals surface area contributed by atoms with Gasteiger partial charge in [0.05, 0.1) is 0 Å². The van der Waals surface area contributed by atoms with Gasteiger partial charge in [0.25, 0.3) is 0 Å². The van der Waals surface area contributed by atoms with Crippen molar-refractivity contribution in [1.82, 2.24) is 0 Å². The first-order valence-corrected chi connectivity index (χ1v) is 10.1. The fourth-order valence-corrected chi connectivity index (χ4v) is 3.64. The van der Waals surface area contributed by atoms with Crippen LogP contribution in [0.5, 0.6) is 0 Å². The first-order valence-electron chi connectivity index (χ1n) is 6.11. The second-order valence-electron chi connectivity index (χ2n) is 4.59. The van der Waals surface area contributed by atoms with E-state index in [1.807, 2.05) is 12.1 Å². The number of hydrogen-bond acceptors (Lipinski definition) is 3. The Morgan fingerprint density at radius 3 is 1.94 bits per heavy atom. The number of rotatable bonds is 6. The zero-order chi connectivity index (χ0) is 12.9. The van der Waals surface area contributed by atoms with Crippen LogP contribution in [0.15, 0.2) is 24.3 Å². The maximum absolute atomic E-state index is 5.85. The lowest BCUT2D eigenvalue weighted by Crippen LogP contribution is -2.39. The van der Waals surface area contributed by atoms with Gasteiger partial charge in [-0.1, -0.05) is 39.1 Å². The SMILES string of the molecule is C[SiH2]OC(O[SiH2]C)C(C)(C)c1ccc(N)cc1. The number of hydrogen-bond donors (Lipinski definition) is 1. The second-order valence-corrected chi connectivity index (χ2v) is 6.41. The third-order valence-electron chi connectivity index (χ3n) is 2.88. The molecule has 17 heavy (non-hydrogen) atoms. The molecule has 2 N–H and O–H groups in total. The van der Waals surface area contributed by atoms with Crippen molar-refractivity contribution in [1.29, 1.82) is 0 Å². The van der Waals surface area contributed by atoms with E-state index in [2.05, 4.69) is 39.1 Å². The average Bonchev–Trinajstić information content (AvgIpc) is 2.29. The predicted octanol–water partition coefficient (Wildman–Crippen LogP) is 1.17. The zero-order valence-electron chi connectivity index (χ0n) is 11.2. The van der Waals surface area contributed by atoms with Crippen molar-refractivity contribution in [3.8, 4) is 0 Å². The molecule has 0 aliphatic rings. The van der Waals surface area contributed by atoms with Gasteiger partial charge in [0.1, 0.15) is 6.29 Å². The summed E-state index contributed by atoms with van der Waals surface area (Å²) < 4.78 is 11.7. The maximum Gasteiger partial charge on any atom is 0.161 e. The second kappa shape index (κ2) is 6.35. The zero-order valence-corrected chi connectivity index (χ0v) is 14.0. The summed E-state index contributed by atoms with van der Waals surface area (Å²) in [5, 5.41) is 0. The van der Waals surface area contributed by atoms with Crippen LogP contribution < -0.4 is 5.73 Å². The molecule has 0 aromatic heterocycles. The van der Waals surface area contributed by atoms with Gasteiger partial charge >= 0.3 is 0 Å². The normalized spacial score (nSPS) is 15.1. The van der Waals surface area contributed by atoms with E-state index in [4.69, 9.17) is 14.6 Å². The Labute approximate surface area is 109 Å². The van der Waals surface area contributed by atoms with E-state index in [9.17, 15) is 0 Å². The molecule has 0 fully saturated rings. The highest BCUT2D eigenvalue weighted by Gasteiger charge is 2.31. The van der Waals surface area contributed by atoms with Crippen LogP contribution >= 0.6 is 0 Å². The highest BCUT2D eigenvalue weighted by atomic mass is 28.2. The quantitative estimate of drug-likeness (QED) is 0.479. The van der Waals surface area contributed by atoms with E-state index in [1.54, 1.807) is 0 Å². The molecule has 96 valence electrons. The molecule has 0 unspecified atom stereocenters. The van der Waals surface area contributed by atoms with Crippen LogP contribution in [0.3, 0.4) is 0 Å². The predicted molar refractivity (Wildman–Crippen MR) is 78.7 cm³/mol. The molecule has 1 rings (SSSR count). The van der Waals surface area contributed by atoms with Crippen molar-refractivity contribution < 1.29 is 8.85 Å². The summed E-state index contributed by atoms with van der Waals surface area (Å²) in [6, 6.07) is 7.98. The van der Waals surface area contributed by atoms with Gasteiger partial charge in [-0.15, -0.1) is 0 Å². The van der Waals surface area contributed by atoms with Crippen LogP contribution in [0.4, 0.5) is 5.69 Å². The first-order chi connectivity index (χ1) is 8.02. The molecule has 3 nitrogen and oxygen atoms in total. The molecule has 0 saturated heterocycles. The summed E-state index contributed by atoms with van der Waals surface area (Å²) >= 11 is 0. The van der Waals surface area contributed by atoms with Gasteiger partial charge in [0, 0.05) is 11.1 Å². The summed E-state index contributed by atoms with van der Waals surface area (Å²) in [6.07, 6.45) is -0.112. The fraction of sp³-hybridized carbons (Fsp3) is 0.500. The minimum Gasteiger partial charge on any atom is -0.400 e. The molecule has 0 radical (unpaired) electrons. The van der Waals surface area contributed by atoms with Crippen molar-refractivity contribution in [3.63, 3.8) is 0 Å². The summed E-state index contributed by atoms with van der Waals surface area (Å²) in [6.45, 7) is 8.59. The van der Waals surface area contributed by atoms with Gasteiger partial charge in [-0.25, -0.2) is 0 Å². The topological polar surface area (TPSA) is 44.5 Å². The first kappa shape index (κ1) is 14.4. The van der Waals surface area contributed by atoms with Gasteiger partial charge in [-0.05, 0) is 17.7 Å². The van der Waals surface area contributed by atoms with Gasteiger partial charge in [-0.2, -0.15) is 0 Å². The van der Waals surface area contributed by atoms with Crippen LogP contribution in [-0.2, 0) is 14.3 Å². The van der Waals surface area contributed by atoms with Crippen molar-refractivity contribution in [2.24, 2.45) is 0 Å². The third-order valence-corrected chi connectivity index (χ3v) is 4.15. The van der Waals surface area contributed by atoms with Gasteiger partial charge in [0.2, 0.25) is 0 Å². The van der Waals surface area contributed by atoms with Crippen molar-refractivity contribution in [2.75, 3.05) is 5.73 Å². The molecule has 0 bridgehead atoms. The smallest absolute Gasteiger partial charge is 0.161 e. The lowest BCUT2D eigenvalue weighted by atomic mass is 9.84. The maximum atomic E-state index is 5.85. The van der Waals surface area contributed by atoms with Crippen molar-refractivity contribution in [3.05, 3.63) is 29.8 Å². The van der Waals surface area contributed by atoms with E-state index in [1.165, 1.54) is 5.56 Å². The molecule has 0 atom stereocenters. The molecule has 0 aliphatic heterocycles. The van der Waals surface area contributed by atoms with Crippen LogP contribution in [0, 0.1) is 0 Å². The molecule has 1 aromatic rings. The van der Waals surface area contributed by atoms with E-state index in [-0.39, 0.29) is 11.7 Å². The summed E-state index contributed by atoms with van der Waals surface area (Å²) in [7, 11) is -0.948. The lowest BCUT2D eigenvalue weighted by Gasteiger charge is -2.35. The molecule has 0 amide bonds. The van der Waals surface area contributed by atoms with Crippen LogP contribution in [-0.4, -0.2) is 25.8 Å². The molecular weight excluding hydrogens is 246 g/mol. The third kappa shape index (κ3) is 3.67. The molecule has 5 heteroatoms. The van der Waals surface area contributed by atoms with Gasteiger partial charge in [-0.3, -0.25) is 0 Å². The highest BCUT2D eigenvalue weighted by Crippen LogP contribution is 2.30. The van der Waals surface area contributed by atoms with Crippen LogP contribution in [0.25, 0.3) is 0 Å². The minimum absolute atomic E-state index is 0.112. The number of benzene rings is 1. The monoisotopic (exact) mass is 269 g/mol. The van der Waals surface area contributed by atoms with Crippen LogP contribution in [0.1, 0.15) is 19.4 Å². The Balaban J connectivity index is 2.93. The summed E-state index contributed by atoms with van der Waals surface area (Å²) in [5.41, 5.74) is 7.59. The van der Waals surface area contributed by atoms with Gasteiger partial charge in [0.15, 0.2) is 19.5 Å². The fourth-order valence-electron chi connectivity index (χ4n) is 1.82. The standard InChI is InChI=1S/C12H23NO2Si2/c1-12(2,11(14-16-3)15-17-4)9-5-7-10(13)8-6-9/h5-8,11H,13,16-17H2,1-4H3. The Morgan fingerprint density at radius 2 is 1.53 bits per heavy atom. The van der Waals surface area contributed by atoms with E-state index < -0.39 is 19.5 Å². The Morgan fingerprint density at radius 1 is 1.06 bits per heavy atom. The highest BCUT2D eigenvalue weighted by molar-refractivity contribution is 6.26.